The number of ether oxygens (including phenoxy) is 7. The summed E-state index contributed by atoms with van der Waals surface area (Å²) in [5, 5.41) is 53.7. The van der Waals surface area contributed by atoms with Gasteiger partial charge in [0.2, 0.25) is 0 Å². The lowest BCUT2D eigenvalue weighted by molar-refractivity contribution is -0.345. The molecule has 6 aliphatic rings. The molecule has 18 unspecified atom stereocenters. The van der Waals surface area contributed by atoms with Crippen LogP contribution in [0.25, 0.3) is 0 Å². The molecule has 4 aliphatic carbocycles. The minimum atomic E-state index is -1.57. The second kappa shape index (κ2) is 16.5. The summed E-state index contributed by atoms with van der Waals surface area (Å²) in [5.41, 5.74) is -0.586. The van der Waals surface area contributed by atoms with E-state index in [1.165, 1.54) is 12.5 Å². The van der Waals surface area contributed by atoms with E-state index in [9.17, 15) is 35.1 Å². The summed E-state index contributed by atoms with van der Waals surface area (Å²) in [6.07, 6.45) is -3.44. The van der Waals surface area contributed by atoms with Crippen molar-refractivity contribution in [2.75, 3.05) is 13.7 Å². The summed E-state index contributed by atoms with van der Waals surface area (Å²) in [5.74, 6) is -1.08. The van der Waals surface area contributed by atoms with Gasteiger partial charge in [0.1, 0.15) is 42.7 Å². The number of esters is 2. The first-order valence-corrected chi connectivity index (χ1v) is 20.7. The zero-order chi connectivity index (χ0) is 41.0. The maximum atomic E-state index is 13.7. The molecular weight excluding hydrogens is 740 g/mol. The van der Waals surface area contributed by atoms with Gasteiger partial charge in [-0.1, -0.05) is 43.7 Å². The summed E-state index contributed by atoms with van der Waals surface area (Å²) in [4.78, 5) is 25.8. The van der Waals surface area contributed by atoms with Gasteiger partial charge in [-0.3, -0.25) is 4.79 Å². The van der Waals surface area contributed by atoms with E-state index in [2.05, 4.69) is 13.0 Å². The van der Waals surface area contributed by atoms with Crippen LogP contribution in [0.1, 0.15) is 96.3 Å². The number of hydrogen-bond donors (Lipinski definition) is 5. The molecule has 2 aliphatic heterocycles. The number of hydrogen-bond acceptors (Lipinski definition) is 14. The molecule has 0 radical (unpaired) electrons. The Hall–Kier alpha value is -2.50. The van der Waals surface area contributed by atoms with E-state index in [1.807, 2.05) is 19.9 Å². The molecule has 18 atom stereocenters. The maximum absolute atomic E-state index is 13.7. The molecule has 1 aromatic rings. The summed E-state index contributed by atoms with van der Waals surface area (Å²) in [7, 11) is 1.55. The lowest BCUT2D eigenvalue weighted by atomic mass is 9.44. The number of allylic oxidation sites excluding steroid dienone is 1. The quantitative estimate of drug-likeness (QED) is 0.171. The molecule has 5 fully saturated rings. The molecule has 57 heavy (non-hydrogen) atoms. The molecule has 0 spiro atoms. The Morgan fingerprint density at radius 1 is 0.965 bits per heavy atom. The van der Waals surface area contributed by atoms with Crippen LogP contribution in [0, 0.1) is 28.6 Å². The summed E-state index contributed by atoms with van der Waals surface area (Å²) in [6.45, 7) is 8.83. The predicted molar refractivity (Wildman–Crippen MR) is 202 cm³/mol. The fraction of sp³-hybridized carbons (Fsp3) is 0.767. The van der Waals surface area contributed by atoms with E-state index in [4.69, 9.17) is 33.2 Å². The van der Waals surface area contributed by atoms with E-state index in [0.29, 0.717) is 44.1 Å². The molecule has 7 rings (SSSR count). The lowest BCUT2D eigenvalue weighted by Crippen LogP contribution is -2.67. The van der Waals surface area contributed by atoms with Crippen molar-refractivity contribution < 1.29 is 68.3 Å². The second-order valence-corrected chi connectivity index (χ2v) is 17.8. The molecule has 3 saturated carbocycles. The number of aliphatic hydroxyl groups excluding tert-OH is 4. The number of carbonyl (C=O) groups is 2. The molecule has 1 aromatic carbocycles. The fourth-order valence-electron chi connectivity index (χ4n) is 11.8. The summed E-state index contributed by atoms with van der Waals surface area (Å²) >= 11 is 0. The third-order valence-corrected chi connectivity index (χ3v) is 15.0. The van der Waals surface area contributed by atoms with Crippen molar-refractivity contribution in [2.45, 2.75) is 165 Å². The monoisotopic (exact) mass is 802 g/mol. The first-order valence-electron chi connectivity index (χ1n) is 20.7. The fourth-order valence-corrected chi connectivity index (χ4v) is 11.8. The molecule has 0 amide bonds. The van der Waals surface area contributed by atoms with Crippen molar-refractivity contribution in [1.29, 1.82) is 0 Å². The van der Waals surface area contributed by atoms with Gasteiger partial charge in [0.05, 0.1) is 36.1 Å². The van der Waals surface area contributed by atoms with Crippen LogP contribution in [0.2, 0.25) is 0 Å². The van der Waals surface area contributed by atoms with Crippen LogP contribution in [0.5, 0.6) is 0 Å². The van der Waals surface area contributed by atoms with Gasteiger partial charge >= 0.3 is 11.9 Å². The Morgan fingerprint density at radius 2 is 1.70 bits per heavy atom. The first-order chi connectivity index (χ1) is 27.0. The van der Waals surface area contributed by atoms with E-state index < -0.39 is 91.1 Å². The van der Waals surface area contributed by atoms with Gasteiger partial charge in [0, 0.05) is 31.8 Å². The maximum Gasteiger partial charge on any atom is 0.338 e. The van der Waals surface area contributed by atoms with Gasteiger partial charge in [-0.05, 0) is 88.2 Å². The second-order valence-electron chi connectivity index (χ2n) is 17.8. The van der Waals surface area contributed by atoms with Crippen molar-refractivity contribution >= 4 is 11.9 Å². The van der Waals surface area contributed by atoms with Crippen molar-refractivity contribution in [3.8, 4) is 0 Å². The normalized spacial score (nSPS) is 46.1. The largest absolute Gasteiger partial charge is 0.463 e. The van der Waals surface area contributed by atoms with Crippen molar-refractivity contribution in [3.63, 3.8) is 0 Å². The highest BCUT2D eigenvalue weighted by Crippen LogP contribution is 2.69. The van der Waals surface area contributed by atoms with Crippen LogP contribution in [-0.4, -0.2) is 130 Å². The molecular formula is C43H62O14. The molecule has 5 N–H and O–H groups in total. The Morgan fingerprint density at radius 3 is 2.39 bits per heavy atom. The zero-order valence-corrected chi connectivity index (χ0v) is 33.9. The topological polar surface area (TPSA) is 200 Å². The number of rotatable bonds is 10. The third-order valence-electron chi connectivity index (χ3n) is 15.0. The van der Waals surface area contributed by atoms with E-state index in [0.717, 1.165) is 12.8 Å². The molecule has 14 nitrogen and oxygen atoms in total. The van der Waals surface area contributed by atoms with Crippen LogP contribution in [0.15, 0.2) is 42.0 Å². The molecule has 2 saturated heterocycles. The van der Waals surface area contributed by atoms with Crippen LogP contribution >= 0.6 is 0 Å². The van der Waals surface area contributed by atoms with Gasteiger partial charge in [0.15, 0.2) is 12.6 Å². The Balaban J connectivity index is 1.06. The average Bonchev–Trinajstić information content (AvgIpc) is 3.47. The predicted octanol–water partition coefficient (Wildman–Crippen LogP) is 3.19. The van der Waals surface area contributed by atoms with E-state index in [1.54, 1.807) is 38.3 Å². The number of methoxy groups -OCH3 is 1. The van der Waals surface area contributed by atoms with Crippen LogP contribution in [0.4, 0.5) is 0 Å². The van der Waals surface area contributed by atoms with Crippen molar-refractivity contribution in [1.82, 2.24) is 0 Å². The molecule has 14 heteroatoms. The van der Waals surface area contributed by atoms with Crippen molar-refractivity contribution in [2.24, 2.45) is 28.6 Å². The van der Waals surface area contributed by atoms with Gasteiger partial charge in [0.25, 0.3) is 0 Å². The molecule has 2 heterocycles. The van der Waals surface area contributed by atoms with Gasteiger partial charge in [-0.25, -0.2) is 4.79 Å². The standard InChI is InChI=1S/C43H62O14/c1-22(52-24(3)45)28-15-17-43(50)29-13-12-26-18-27(14-16-41(26,4)30(29)19-33(42(28,43)5)56-39(49)25-10-8-7-9-11-25)54-34-20-31(51-6)38(23(2)53-34)57-40-37(48)36(47)35(46)32(21-44)55-40/h7-12,22-23,27-38,40,44,46-48,50H,13-21H2,1-6H3. The minimum absolute atomic E-state index is 0.0250. The van der Waals surface area contributed by atoms with E-state index >= 15 is 0 Å². The van der Waals surface area contributed by atoms with Crippen LogP contribution in [-0.2, 0) is 38.0 Å². The first kappa shape index (κ1) is 42.6. The SMILES string of the molecule is COC1CC(OC2CCC3(C)C(=CCC4C3CC(OC(=O)c3ccccc3)C3(C)C(C(C)OC(C)=O)CCC43O)C2)OC(C)C1OC1OC(CO)C(O)C(O)C1O. The van der Waals surface area contributed by atoms with Crippen LogP contribution < -0.4 is 0 Å². The third kappa shape index (κ3) is 7.51. The Labute approximate surface area is 334 Å². The minimum Gasteiger partial charge on any atom is -0.463 e. The van der Waals surface area contributed by atoms with Gasteiger partial charge in [-0.2, -0.15) is 0 Å². The number of benzene rings is 1. The summed E-state index contributed by atoms with van der Waals surface area (Å²) < 4.78 is 42.7. The van der Waals surface area contributed by atoms with Gasteiger partial charge < -0.3 is 58.7 Å². The van der Waals surface area contributed by atoms with Crippen molar-refractivity contribution in [3.05, 3.63) is 47.5 Å². The lowest BCUT2D eigenvalue weighted by Gasteiger charge is -2.63. The van der Waals surface area contributed by atoms with E-state index in [-0.39, 0.29) is 35.2 Å². The molecule has 318 valence electrons. The number of aliphatic hydroxyl groups is 5. The zero-order valence-electron chi connectivity index (χ0n) is 33.9. The summed E-state index contributed by atoms with van der Waals surface area (Å²) in [6, 6.07) is 8.93. The average molecular weight is 803 g/mol. The Bertz CT molecular complexity index is 1620. The van der Waals surface area contributed by atoms with Crippen LogP contribution in [0.3, 0.4) is 0 Å². The molecule has 0 bridgehead atoms. The highest BCUT2D eigenvalue weighted by atomic mass is 16.7. The number of fused-ring (bicyclic) bond motifs is 5. The molecule has 0 aromatic heterocycles. The number of carbonyl (C=O) groups excluding carboxylic acids is 2. The Kier molecular flexibility index (Phi) is 12.3. The highest BCUT2D eigenvalue weighted by Gasteiger charge is 2.71. The highest BCUT2D eigenvalue weighted by molar-refractivity contribution is 5.89. The van der Waals surface area contributed by atoms with Gasteiger partial charge in [-0.15, -0.1) is 0 Å². The smallest absolute Gasteiger partial charge is 0.338 e.